The Morgan fingerprint density at radius 2 is 2.18 bits per heavy atom. The van der Waals surface area contributed by atoms with Gasteiger partial charge in [0.1, 0.15) is 11.6 Å². The molecule has 3 rings (SSSR count). The van der Waals surface area contributed by atoms with E-state index in [4.69, 9.17) is 4.52 Å². The first-order valence-electron chi connectivity index (χ1n) is 6.79. The molecule has 0 saturated carbocycles. The van der Waals surface area contributed by atoms with Gasteiger partial charge in [0, 0.05) is 12.0 Å². The van der Waals surface area contributed by atoms with Gasteiger partial charge < -0.3 is 4.52 Å². The quantitative estimate of drug-likeness (QED) is 0.728. The van der Waals surface area contributed by atoms with Crippen LogP contribution in [0.2, 0.25) is 0 Å². The average molecular weight is 319 g/mol. The normalized spacial score (nSPS) is 11.0. The van der Waals surface area contributed by atoms with Crippen LogP contribution in [-0.4, -0.2) is 25.3 Å². The number of hydrogen-bond acceptors (Lipinski definition) is 6. The number of nitrogens with one attached hydrogen (secondary N) is 1. The molecule has 0 unspecified atom stereocenters. The molecule has 6 nitrogen and oxygen atoms in total. The molecule has 3 aromatic rings. The van der Waals surface area contributed by atoms with Crippen LogP contribution in [0.1, 0.15) is 24.2 Å². The van der Waals surface area contributed by atoms with Crippen LogP contribution < -0.4 is 0 Å². The van der Waals surface area contributed by atoms with E-state index in [1.165, 1.54) is 17.8 Å². The Morgan fingerprint density at radius 1 is 1.32 bits per heavy atom. The van der Waals surface area contributed by atoms with Crippen molar-refractivity contribution in [1.82, 2.24) is 25.3 Å². The van der Waals surface area contributed by atoms with Crippen LogP contribution in [-0.2, 0) is 12.2 Å². The minimum atomic E-state index is -0.286. The molecule has 0 spiro atoms. The van der Waals surface area contributed by atoms with Crippen LogP contribution in [0.3, 0.4) is 0 Å². The first-order valence-corrected chi connectivity index (χ1v) is 7.77. The van der Waals surface area contributed by atoms with Crippen LogP contribution >= 0.6 is 11.8 Å². The lowest BCUT2D eigenvalue weighted by Crippen LogP contribution is -1.87. The van der Waals surface area contributed by atoms with Crippen LogP contribution in [0, 0.1) is 12.7 Å². The number of thioether (sulfide) groups is 1. The van der Waals surface area contributed by atoms with E-state index < -0.39 is 0 Å². The number of nitrogens with zero attached hydrogens (tertiary/aromatic N) is 4. The molecular formula is C14H14FN5OS. The smallest absolute Gasteiger partial charge is 0.237 e. The Hall–Kier alpha value is -2.22. The zero-order valence-corrected chi connectivity index (χ0v) is 12.9. The summed E-state index contributed by atoms with van der Waals surface area (Å²) in [5, 5.41) is 11.4. The maximum absolute atomic E-state index is 13.6. The van der Waals surface area contributed by atoms with E-state index in [1.54, 1.807) is 19.1 Å². The molecule has 0 aliphatic rings. The SMILES string of the molecule is CCc1nc(SCc2nc(-c3ccc(C)c(F)c3)no2)n[nH]1. The van der Waals surface area contributed by atoms with Crippen molar-refractivity contribution in [3.63, 3.8) is 0 Å². The Kier molecular flexibility index (Phi) is 4.19. The molecule has 0 fully saturated rings. The van der Waals surface area contributed by atoms with Gasteiger partial charge in [0.15, 0.2) is 0 Å². The maximum Gasteiger partial charge on any atom is 0.237 e. The first kappa shape index (κ1) is 14.7. The summed E-state index contributed by atoms with van der Waals surface area (Å²) in [6.07, 6.45) is 0.803. The number of H-pyrrole nitrogens is 1. The third-order valence-corrected chi connectivity index (χ3v) is 3.90. The first-order chi connectivity index (χ1) is 10.7. The van der Waals surface area contributed by atoms with E-state index in [2.05, 4.69) is 25.3 Å². The van der Waals surface area contributed by atoms with Gasteiger partial charge in [-0.25, -0.2) is 9.37 Å². The minimum Gasteiger partial charge on any atom is -0.338 e. The van der Waals surface area contributed by atoms with E-state index in [9.17, 15) is 4.39 Å². The second-order valence-corrected chi connectivity index (χ2v) is 5.63. The maximum atomic E-state index is 13.6. The van der Waals surface area contributed by atoms with Gasteiger partial charge in [0.25, 0.3) is 0 Å². The van der Waals surface area contributed by atoms with Gasteiger partial charge in [-0.2, -0.15) is 4.98 Å². The number of aromatic nitrogens is 5. The van der Waals surface area contributed by atoms with Crippen LogP contribution in [0.15, 0.2) is 27.9 Å². The highest BCUT2D eigenvalue weighted by molar-refractivity contribution is 7.98. The Bertz CT molecular complexity index is 785. The van der Waals surface area contributed by atoms with Crippen molar-refractivity contribution >= 4 is 11.8 Å². The Labute approximate surface area is 130 Å². The Morgan fingerprint density at radius 3 is 2.91 bits per heavy atom. The third-order valence-electron chi connectivity index (χ3n) is 3.07. The standard InChI is InChI=1S/C14H14FN5OS/c1-3-11-16-14(19-18-11)22-7-12-17-13(20-21-12)9-5-4-8(2)10(15)6-9/h4-6H,3,7H2,1-2H3,(H,16,18,19). The van der Waals surface area contributed by atoms with Gasteiger partial charge in [0.05, 0.1) is 5.75 Å². The van der Waals surface area contributed by atoms with Crippen LogP contribution in [0.4, 0.5) is 4.39 Å². The molecule has 0 aliphatic carbocycles. The molecule has 0 aliphatic heterocycles. The van der Waals surface area contributed by atoms with Gasteiger partial charge in [-0.15, -0.1) is 5.10 Å². The summed E-state index contributed by atoms with van der Waals surface area (Å²) in [5.74, 6) is 1.83. The van der Waals surface area contributed by atoms with E-state index in [-0.39, 0.29) is 5.82 Å². The topological polar surface area (TPSA) is 80.5 Å². The van der Waals surface area contributed by atoms with Crippen molar-refractivity contribution in [2.75, 3.05) is 0 Å². The van der Waals surface area contributed by atoms with Crippen molar-refractivity contribution in [1.29, 1.82) is 0 Å². The predicted molar refractivity (Wildman–Crippen MR) is 79.8 cm³/mol. The minimum absolute atomic E-state index is 0.286. The van der Waals surface area contributed by atoms with Gasteiger partial charge >= 0.3 is 0 Å². The highest BCUT2D eigenvalue weighted by atomic mass is 32.2. The van der Waals surface area contributed by atoms with E-state index in [0.717, 1.165) is 12.2 Å². The van der Waals surface area contributed by atoms with Gasteiger partial charge in [-0.05, 0) is 18.6 Å². The lowest BCUT2D eigenvalue weighted by Gasteiger charge is -1.97. The van der Waals surface area contributed by atoms with Crippen LogP contribution in [0.5, 0.6) is 0 Å². The molecule has 22 heavy (non-hydrogen) atoms. The fourth-order valence-corrected chi connectivity index (χ4v) is 2.44. The molecule has 114 valence electrons. The summed E-state index contributed by atoms with van der Waals surface area (Å²) in [4.78, 5) is 8.55. The fraction of sp³-hybridized carbons (Fsp3) is 0.286. The molecule has 0 amide bonds. The highest BCUT2D eigenvalue weighted by Gasteiger charge is 2.12. The Balaban J connectivity index is 1.69. The monoisotopic (exact) mass is 319 g/mol. The van der Waals surface area contributed by atoms with Crippen molar-refractivity contribution in [2.45, 2.75) is 31.2 Å². The second kappa shape index (κ2) is 6.27. The van der Waals surface area contributed by atoms with Crippen molar-refractivity contribution in [3.05, 3.63) is 41.3 Å². The molecule has 1 N–H and O–H groups in total. The number of aryl methyl sites for hydroxylation is 2. The summed E-state index contributed by atoms with van der Waals surface area (Å²) in [5.41, 5.74) is 1.17. The van der Waals surface area contributed by atoms with E-state index in [0.29, 0.717) is 33.8 Å². The summed E-state index contributed by atoms with van der Waals surface area (Å²) in [7, 11) is 0. The summed E-state index contributed by atoms with van der Waals surface area (Å²) >= 11 is 1.40. The van der Waals surface area contributed by atoms with Gasteiger partial charge in [0.2, 0.25) is 16.9 Å². The lowest BCUT2D eigenvalue weighted by molar-refractivity contribution is 0.391. The zero-order chi connectivity index (χ0) is 15.5. The van der Waals surface area contributed by atoms with Crippen molar-refractivity contribution in [2.24, 2.45) is 0 Å². The van der Waals surface area contributed by atoms with Gasteiger partial charge in [-0.3, -0.25) is 5.10 Å². The molecule has 8 heteroatoms. The summed E-state index contributed by atoms with van der Waals surface area (Å²) in [6, 6.07) is 4.86. The fourth-order valence-electron chi connectivity index (χ4n) is 1.79. The molecule has 2 aromatic heterocycles. The number of rotatable bonds is 5. The van der Waals surface area contributed by atoms with Gasteiger partial charge in [-0.1, -0.05) is 36.0 Å². The largest absolute Gasteiger partial charge is 0.338 e. The molecule has 0 radical (unpaired) electrons. The number of aromatic amines is 1. The molecular weight excluding hydrogens is 305 g/mol. The van der Waals surface area contributed by atoms with Crippen molar-refractivity contribution in [3.8, 4) is 11.4 Å². The lowest BCUT2D eigenvalue weighted by atomic mass is 10.1. The second-order valence-electron chi connectivity index (χ2n) is 4.68. The number of halogens is 1. The van der Waals surface area contributed by atoms with Crippen LogP contribution in [0.25, 0.3) is 11.4 Å². The summed E-state index contributed by atoms with van der Waals surface area (Å²) in [6.45, 7) is 3.71. The van der Waals surface area contributed by atoms with E-state index in [1.807, 2.05) is 6.92 Å². The van der Waals surface area contributed by atoms with E-state index >= 15 is 0 Å². The number of hydrogen-bond donors (Lipinski definition) is 1. The molecule has 0 saturated heterocycles. The number of benzene rings is 1. The third kappa shape index (κ3) is 3.16. The predicted octanol–water partition coefficient (Wildman–Crippen LogP) is 3.16. The summed E-state index contributed by atoms with van der Waals surface area (Å²) < 4.78 is 18.7. The zero-order valence-electron chi connectivity index (χ0n) is 12.1. The van der Waals surface area contributed by atoms with Crippen molar-refractivity contribution < 1.29 is 8.91 Å². The molecule has 0 atom stereocenters. The molecule has 2 heterocycles. The average Bonchev–Trinajstić information content (AvgIpc) is 3.16. The molecule has 0 bridgehead atoms. The molecule has 1 aromatic carbocycles. The highest BCUT2D eigenvalue weighted by Crippen LogP contribution is 2.22.